The van der Waals surface area contributed by atoms with E-state index in [2.05, 4.69) is 0 Å². The molecule has 0 aromatic heterocycles. The van der Waals surface area contributed by atoms with E-state index in [4.69, 9.17) is 23.7 Å². The molecule has 4 aliphatic rings. The van der Waals surface area contributed by atoms with E-state index in [0.717, 1.165) is 6.26 Å². The minimum Gasteiger partial charge on any atom is -0.471 e. The molecule has 33 heavy (non-hydrogen) atoms. The number of hydrogen-bond donors (Lipinski definition) is 5. The molecule has 1 spiro atoms. The Kier molecular flexibility index (Phi) is 6.35. The van der Waals surface area contributed by atoms with E-state index < -0.39 is 79.1 Å². The van der Waals surface area contributed by atoms with Gasteiger partial charge < -0.3 is 49.2 Å². The predicted octanol–water partition coefficient (Wildman–Crippen LogP) is -2.38. The van der Waals surface area contributed by atoms with Gasteiger partial charge in [0.15, 0.2) is 11.9 Å². The van der Waals surface area contributed by atoms with Crippen molar-refractivity contribution in [3.05, 3.63) is 35.6 Å². The van der Waals surface area contributed by atoms with Crippen molar-refractivity contribution in [1.29, 1.82) is 0 Å². The van der Waals surface area contributed by atoms with Crippen LogP contribution in [0.25, 0.3) is 0 Å². The molecule has 12 heteroatoms. The van der Waals surface area contributed by atoms with Gasteiger partial charge in [0.25, 0.3) is 0 Å². The average Bonchev–Trinajstić information content (AvgIpc) is 3.34. The third-order valence-corrected chi connectivity index (χ3v) is 6.33. The lowest BCUT2D eigenvalue weighted by atomic mass is 9.78. The largest absolute Gasteiger partial charge is 0.471 e. The van der Waals surface area contributed by atoms with Crippen LogP contribution in [0.5, 0.6) is 0 Å². The summed E-state index contributed by atoms with van der Waals surface area (Å²) in [7, 11) is 1.20. The zero-order valence-electron chi connectivity index (χ0n) is 17.8. The van der Waals surface area contributed by atoms with Crippen LogP contribution in [-0.4, -0.2) is 99.9 Å². The number of esters is 2. The molecule has 0 aromatic rings. The molecule has 1 aliphatic carbocycles. The normalized spacial score (nSPS) is 42.8. The maximum Gasteiger partial charge on any atom is 0.337 e. The van der Waals surface area contributed by atoms with Crippen molar-refractivity contribution in [2.24, 2.45) is 11.8 Å². The molecule has 12 nitrogen and oxygen atoms in total. The van der Waals surface area contributed by atoms with Crippen LogP contribution in [-0.2, 0) is 33.3 Å². The second-order valence-corrected chi connectivity index (χ2v) is 8.33. The van der Waals surface area contributed by atoms with Gasteiger partial charge in [-0.3, -0.25) is 0 Å². The number of aliphatic hydroxyl groups excluding tert-OH is 5. The Morgan fingerprint density at radius 3 is 2.55 bits per heavy atom. The fourth-order valence-corrected chi connectivity index (χ4v) is 4.57. The molecule has 0 amide bonds. The maximum atomic E-state index is 12.4. The second kappa shape index (κ2) is 8.80. The van der Waals surface area contributed by atoms with E-state index in [0.29, 0.717) is 0 Å². The molecule has 0 bridgehead atoms. The molecule has 3 aliphatic heterocycles. The van der Waals surface area contributed by atoms with Crippen molar-refractivity contribution in [3.63, 3.8) is 0 Å². The number of methoxy groups -OCH3 is 1. The van der Waals surface area contributed by atoms with Gasteiger partial charge in [0.1, 0.15) is 24.4 Å². The van der Waals surface area contributed by atoms with E-state index in [9.17, 15) is 35.1 Å². The van der Waals surface area contributed by atoms with Gasteiger partial charge in [-0.1, -0.05) is 6.08 Å². The molecule has 0 aromatic carbocycles. The van der Waals surface area contributed by atoms with E-state index in [1.165, 1.54) is 20.1 Å². The van der Waals surface area contributed by atoms with Gasteiger partial charge in [0.2, 0.25) is 6.29 Å². The molecule has 3 heterocycles. The Morgan fingerprint density at radius 2 is 1.94 bits per heavy atom. The van der Waals surface area contributed by atoms with Crippen LogP contribution in [0.4, 0.5) is 0 Å². The number of fused-ring (bicyclic) bond motifs is 2. The van der Waals surface area contributed by atoms with Crippen LogP contribution in [0, 0.1) is 11.8 Å². The molecule has 4 rings (SSSR count). The summed E-state index contributed by atoms with van der Waals surface area (Å²) in [6, 6.07) is 0. The fraction of sp³-hybridized carbons (Fsp3) is 0.619. The monoisotopic (exact) mass is 470 g/mol. The van der Waals surface area contributed by atoms with Crippen molar-refractivity contribution >= 4 is 11.9 Å². The zero-order valence-corrected chi connectivity index (χ0v) is 17.8. The van der Waals surface area contributed by atoms with E-state index in [-0.39, 0.29) is 11.1 Å². The van der Waals surface area contributed by atoms with E-state index >= 15 is 0 Å². The highest BCUT2D eigenvalue weighted by Gasteiger charge is 2.59. The molecule has 5 N–H and O–H groups in total. The highest BCUT2D eigenvalue weighted by Crippen LogP contribution is 2.50. The molecular formula is C21H26O12. The summed E-state index contributed by atoms with van der Waals surface area (Å²) in [5.41, 5.74) is -1.30. The summed E-state index contributed by atoms with van der Waals surface area (Å²) in [5.74, 6) is -3.03. The molecular weight excluding hydrogens is 444 g/mol. The zero-order chi connectivity index (χ0) is 24.1. The minimum atomic E-state index is -1.70. The fourth-order valence-electron chi connectivity index (χ4n) is 4.57. The molecule has 10 atom stereocenters. The molecule has 182 valence electrons. The van der Waals surface area contributed by atoms with Gasteiger partial charge in [-0.05, 0) is 19.1 Å². The third-order valence-electron chi connectivity index (χ3n) is 6.33. The maximum absolute atomic E-state index is 12.4. The number of aliphatic hydroxyl groups is 5. The lowest BCUT2D eigenvalue weighted by Gasteiger charge is -2.44. The first-order valence-corrected chi connectivity index (χ1v) is 10.4. The van der Waals surface area contributed by atoms with Crippen LogP contribution in [0.15, 0.2) is 35.6 Å². The predicted molar refractivity (Wildman–Crippen MR) is 105 cm³/mol. The first-order valence-electron chi connectivity index (χ1n) is 10.4. The Labute approximate surface area is 188 Å². The molecule has 1 fully saturated rings. The lowest BCUT2D eigenvalue weighted by Crippen LogP contribution is -2.60. The van der Waals surface area contributed by atoms with Gasteiger partial charge in [-0.15, -0.1) is 0 Å². The average molecular weight is 470 g/mol. The SMILES string of the molecule is COC(=O)C1=CO[C@@H](O[C@@H]2O[C@H](CO)[C@@H](O)[C@H](O)[C@H]2O)[C@H]2[C@@H]1C=CC21C=C(C(C)O)C(=O)O1. The van der Waals surface area contributed by atoms with Crippen LogP contribution >= 0.6 is 0 Å². The third kappa shape index (κ3) is 3.87. The van der Waals surface area contributed by atoms with Gasteiger partial charge in [-0.2, -0.15) is 0 Å². The Bertz CT molecular complexity index is 892. The standard InChI is InChI=1S/C21H26O12/c1-8(23)10-5-21(33-18(10)28)4-3-9-11(17(27)29-2)7-30-19(13(9)21)32-20-16(26)15(25)14(24)12(6-22)31-20/h3-5,7-9,12-16,19-20,22-26H,6H2,1-2H3/t8?,9-,12-,13-,14-,15+,16-,19+,20+,21?/m1/s1. The summed E-state index contributed by atoms with van der Waals surface area (Å²) in [6.07, 6.45) is -4.38. The Morgan fingerprint density at radius 1 is 1.21 bits per heavy atom. The number of allylic oxidation sites excluding steroid dienone is 1. The van der Waals surface area contributed by atoms with Gasteiger partial charge in [0.05, 0.1) is 43.1 Å². The summed E-state index contributed by atoms with van der Waals surface area (Å²) in [6.45, 7) is 0.750. The first kappa shape index (κ1) is 23.8. The smallest absolute Gasteiger partial charge is 0.337 e. The van der Waals surface area contributed by atoms with Gasteiger partial charge in [0, 0.05) is 5.92 Å². The molecule has 0 radical (unpaired) electrons. The summed E-state index contributed by atoms with van der Waals surface area (Å²) >= 11 is 0. The van der Waals surface area contributed by atoms with E-state index in [1.807, 2.05) is 0 Å². The summed E-state index contributed by atoms with van der Waals surface area (Å²) in [5, 5.41) is 49.8. The number of ether oxygens (including phenoxy) is 5. The van der Waals surface area contributed by atoms with Crippen LogP contribution < -0.4 is 0 Å². The summed E-state index contributed by atoms with van der Waals surface area (Å²) < 4.78 is 27.2. The van der Waals surface area contributed by atoms with Crippen LogP contribution in [0.1, 0.15) is 6.92 Å². The lowest BCUT2D eigenvalue weighted by molar-refractivity contribution is -0.344. The topological polar surface area (TPSA) is 181 Å². The van der Waals surface area contributed by atoms with Crippen molar-refractivity contribution in [1.82, 2.24) is 0 Å². The van der Waals surface area contributed by atoms with E-state index in [1.54, 1.807) is 12.2 Å². The van der Waals surface area contributed by atoms with Gasteiger partial charge >= 0.3 is 11.9 Å². The molecule has 0 saturated carbocycles. The quantitative estimate of drug-likeness (QED) is 0.213. The molecule has 2 unspecified atom stereocenters. The summed E-state index contributed by atoms with van der Waals surface area (Å²) in [4.78, 5) is 24.7. The Hall–Kier alpha value is -2.32. The number of hydrogen-bond acceptors (Lipinski definition) is 12. The number of carbonyl (C=O) groups excluding carboxylic acids is 2. The second-order valence-electron chi connectivity index (χ2n) is 8.33. The highest BCUT2D eigenvalue weighted by molar-refractivity contribution is 5.94. The van der Waals surface area contributed by atoms with Crippen LogP contribution in [0.2, 0.25) is 0 Å². The van der Waals surface area contributed by atoms with Crippen molar-refractivity contribution in [2.75, 3.05) is 13.7 Å². The number of rotatable bonds is 5. The van der Waals surface area contributed by atoms with Crippen LogP contribution in [0.3, 0.4) is 0 Å². The Balaban J connectivity index is 1.67. The van der Waals surface area contributed by atoms with Crippen molar-refractivity contribution < 1.29 is 58.8 Å². The highest BCUT2D eigenvalue weighted by atomic mass is 16.8. The minimum absolute atomic E-state index is 0.0149. The number of carbonyl (C=O) groups is 2. The van der Waals surface area contributed by atoms with Crippen molar-refractivity contribution in [3.8, 4) is 0 Å². The van der Waals surface area contributed by atoms with Crippen molar-refractivity contribution in [2.45, 2.75) is 55.6 Å². The van der Waals surface area contributed by atoms with Gasteiger partial charge in [-0.25, -0.2) is 9.59 Å². The first-order chi connectivity index (χ1) is 15.6. The molecule has 1 saturated heterocycles.